The molecule has 146 valence electrons. The molecule has 2 bridgehead atoms. The minimum atomic E-state index is 0.199. The first-order valence-electron chi connectivity index (χ1n) is 10.0. The molecule has 0 saturated carbocycles. The Kier molecular flexibility index (Phi) is 3.68. The molecule has 29 heavy (non-hydrogen) atoms. The van der Waals surface area contributed by atoms with E-state index in [1.165, 1.54) is 10.1 Å². The number of amides is 1. The van der Waals surface area contributed by atoms with E-state index >= 15 is 0 Å². The highest BCUT2D eigenvalue weighted by molar-refractivity contribution is 7.21. The van der Waals surface area contributed by atoms with Gasteiger partial charge in [-0.2, -0.15) is 0 Å². The Morgan fingerprint density at radius 1 is 1.10 bits per heavy atom. The molecule has 2 saturated heterocycles. The van der Waals surface area contributed by atoms with Crippen LogP contribution in [-0.2, 0) is 0 Å². The molecular weight excluding hydrogens is 382 g/mol. The molecule has 2 aliphatic heterocycles. The zero-order chi connectivity index (χ0) is 19.5. The lowest BCUT2D eigenvalue weighted by Gasteiger charge is -2.41. The molecule has 2 atom stereocenters. The predicted octanol–water partition coefficient (Wildman–Crippen LogP) is 3.97. The van der Waals surface area contributed by atoms with Crippen LogP contribution in [0.1, 0.15) is 28.1 Å². The van der Waals surface area contributed by atoms with Gasteiger partial charge in [-0.3, -0.25) is 4.79 Å². The van der Waals surface area contributed by atoms with E-state index in [1.54, 1.807) is 17.7 Å². The van der Waals surface area contributed by atoms with Crippen molar-refractivity contribution in [2.24, 2.45) is 0 Å². The third-order valence-electron chi connectivity index (χ3n) is 6.39. The molecule has 2 aliphatic rings. The topological polar surface area (TPSA) is 65.1 Å². The molecular formula is C22H21N5OS. The fourth-order valence-corrected chi connectivity index (χ4v) is 6.17. The second-order valence-electron chi connectivity index (χ2n) is 7.99. The first kappa shape index (κ1) is 17.0. The number of carbonyl (C=O) groups excluding carboxylic acids is 1. The van der Waals surface area contributed by atoms with E-state index in [2.05, 4.69) is 43.8 Å². The maximum Gasteiger partial charge on any atom is 0.264 e. The molecule has 0 radical (unpaired) electrons. The Hall–Kier alpha value is -2.93. The van der Waals surface area contributed by atoms with Gasteiger partial charge >= 0.3 is 0 Å². The van der Waals surface area contributed by atoms with Crippen LogP contribution in [-0.4, -0.2) is 50.9 Å². The van der Waals surface area contributed by atoms with Crippen molar-refractivity contribution in [3.05, 3.63) is 53.3 Å². The van der Waals surface area contributed by atoms with Gasteiger partial charge in [0.15, 0.2) is 0 Å². The molecule has 1 amide bonds. The summed E-state index contributed by atoms with van der Waals surface area (Å²) >= 11 is 1.63. The smallest absolute Gasteiger partial charge is 0.264 e. The molecule has 7 heteroatoms. The van der Waals surface area contributed by atoms with Crippen LogP contribution in [0.2, 0.25) is 0 Å². The van der Waals surface area contributed by atoms with Gasteiger partial charge in [-0.25, -0.2) is 9.97 Å². The zero-order valence-electron chi connectivity index (χ0n) is 16.1. The number of anilines is 1. The van der Waals surface area contributed by atoms with Gasteiger partial charge in [0.1, 0.15) is 17.8 Å². The first-order valence-corrected chi connectivity index (χ1v) is 10.9. The van der Waals surface area contributed by atoms with Crippen molar-refractivity contribution in [2.45, 2.75) is 31.8 Å². The number of aryl methyl sites for hydroxylation is 1. The Bertz CT molecular complexity index is 1230. The lowest BCUT2D eigenvalue weighted by atomic mass is 10.1. The Morgan fingerprint density at radius 2 is 1.90 bits per heavy atom. The summed E-state index contributed by atoms with van der Waals surface area (Å²) in [6.45, 7) is 3.72. The highest BCUT2D eigenvalue weighted by atomic mass is 32.1. The second-order valence-corrected chi connectivity index (χ2v) is 9.04. The van der Waals surface area contributed by atoms with Crippen LogP contribution in [0, 0.1) is 6.92 Å². The van der Waals surface area contributed by atoms with Gasteiger partial charge in [0.05, 0.1) is 22.3 Å². The van der Waals surface area contributed by atoms with E-state index < -0.39 is 0 Å². The maximum absolute atomic E-state index is 13.6. The van der Waals surface area contributed by atoms with Gasteiger partial charge in [-0.05, 0) is 42.8 Å². The third-order valence-corrected chi connectivity index (χ3v) is 7.65. The number of hydrogen-bond acceptors (Lipinski definition) is 5. The quantitative estimate of drug-likeness (QED) is 0.550. The van der Waals surface area contributed by atoms with E-state index in [1.807, 2.05) is 24.4 Å². The first-order chi connectivity index (χ1) is 14.2. The lowest BCUT2D eigenvalue weighted by Crippen LogP contribution is -2.56. The Labute approximate surface area is 172 Å². The number of fused-ring (bicyclic) bond motifs is 4. The summed E-state index contributed by atoms with van der Waals surface area (Å²) in [6.07, 6.45) is 5.63. The molecule has 5 heterocycles. The summed E-state index contributed by atoms with van der Waals surface area (Å²) in [5.41, 5.74) is 1.98. The van der Waals surface area contributed by atoms with Gasteiger partial charge in [-0.1, -0.05) is 18.2 Å². The van der Waals surface area contributed by atoms with E-state index in [-0.39, 0.29) is 18.0 Å². The number of hydrogen-bond donors (Lipinski definition) is 1. The van der Waals surface area contributed by atoms with Crippen molar-refractivity contribution in [1.82, 2.24) is 19.9 Å². The molecule has 4 aromatic rings. The van der Waals surface area contributed by atoms with Gasteiger partial charge in [-0.15, -0.1) is 11.3 Å². The Balaban J connectivity index is 1.32. The van der Waals surface area contributed by atoms with Crippen LogP contribution in [0.3, 0.4) is 0 Å². The van der Waals surface area contributed by atoms with Crippen LogP contribution in [0.25, 0.3) is 21.1 Å². The summed E-state index contributed by atoms with van der Waals surface area (Å²) in [7, 11) is 0. The molecule has 2 fully saturated rings. The minimum Gasteiger partial charge on any atom is -0.352 e. The molecule has 0 unspecified atom stereocenters. The van der Waals surface area contributed by atoms with Gasteiger partial charge in [0.2, 0.25) is 0 Å². The van der Waals surface area contributed by atoms with Crippen LogP contribution in [0.4, 0.5) is 5.82 Å². The van der Waals surface area contributed by atoms with Crippen molar-refractivity contribution < 1.29 is 4.79 Å². The molecule has 6 nitrogen and oxygen atoms in total. The number of piperazine rings is 1. The van der Waals surface area contributed by atoms with Crippen molar-refractivity contribution in [3.8, 4) is 0 Å². The van der Waals surface area contributed by atoms with Gasteiger partial charge in [0, 0.05) is 24.0 Å². The monoisotopic (exact) mass is 403 g/mol. The number of carbonyl (C=O) groups is 1. The molecule has 1 aromatic carbocycles. The number of nitrogens with one attached hydrogen (secondary N) is 1. The number of aromatic amines is 1. The fourth-order valence-electron chi connectivity index (χ4n) is 5.01. The number of aromatic nitrogens is 3. The highest BCUT2D eigenvalue weighted by Crippen LogP contribution is 2.38. The molecule has 0 spiro atoms. The molecule has 1 N–H and O–H groups in total. The number of benzene rings is 1. The highest BCUT2D eigenvalue weighted by Gasteiger charge is 2.44. The molecule has 0 aliphatic carbocycles. The van der Waals surface area contributed by atoms with Crippen molar-refractivity contribution in [1.29, 1.82) is 0 Å². The largest absolute Gasteiger partial charge is 0.352 e. The molecule has 6 rings (SSSR count). The summed E-state index contributed by atoms with van der Waals surface area (Å²) in [4.78, 5) is 31.0. The van der Waals surface area contributed by atoms with Crippen LogP contribution >= 0.6 is 11.3 Å². The van der Waals surface area contributed by atoms with Crippen LogP contribution < -0.4 is 4.90 Å². The van der Waals surface area contributed by atoms with Crippen molar-refractivity contribution in [3.63, 3.8) is 0 Å². The predicted molar refractivity (Wildman–Crippen MR) is 116 cm³/mol. The summed E-state index contributed by atoms with van der Waals surface area (Å²) < 4.78 is 1.19. The zero-order valence-corrected chi connectivity index (χ0v) is 16.9. The summed E-state index contributed by atoms with van der Waals surface area (Å²) in [5.74, 6) is 1.17. The van der Waals surface area contributed by atoms with Gasteiger partial charge in [0.25, 0.3) is 5.91 Å². The van der Waals surface area contributed by atoms with Crippen molar-refractivity contribution >= 4 is 44.2 Å². The van der Waals surface area contributed by atoms with E-state index in [4.69, 9.17) is 0 Å². The van der Waals surface area contributed by atoms with E-state index in [9.17, 15) is 4.79 Å². The van der Waals surface area contributed by atoms with Crippen molar-refractivity contribution in [2.75, 3.05) is 18.0 Å². The summed E-state index contributed by atoms with van der Waals surface area (Å²) in [6, 6.07) is 10.8. The number of rotatable bonds is 2. The summed E-state index contributed by atoms with van der Waals surface area (Å²) in [5, 5.41) is 2.25. The van der Waals surface area contributed by atoms with E-state index in [0.717, 1.165) is 53.2 Å². The fraction of sp³-hybridized carbons (Fsp3) is 0.318. The second kappa shape index (κ2) is 6.29. The van der Waals surface area contributed by atoms with E-state index in [0.29, 0.717) is 0 Å². The normalized spacial score (nSPS) is 21.4. The number of H-pyrrole nitrogens is 1. The lowest BCUT2D eigenvalue weighted by molar-refractivity contribution is 0.0646. The number of nitrogens with zero attached hydrogens (tertiary/aromatic N) is 4. The van der Waals surface area contributed by atoms with Crippen LogP contribution in [0.15, 0.2) is 42.9 Å². The average molecular weight is 404 g/mol. The Morgan fingerprint density at radius 3 is 2.69 bits per heavy atom. The van der Waals surface area contributed by atoms with Crippen LogP contribution in [0.5, 0.6) is 0 Å². The third kappa shape index (κ3) is 2.50. The average Bonchev–Trinajstić information content (AvgIpc) is 3.42. The molecule has 3 aromatic heterocycles. The number of thiophene rings is 1. The van der Waals surface area contributed by atoms with Gasteiger partial charge < -0.3 is 14.8 Å². The standard InChI is InChI=1S/C22H21N5OS/c1-13-16-4-2-3-5-18(16)29-19(13)22(28)27-14-6-7-15(27)11-26(10-14)21-17-8-9-23-20(17)24-12-25-21/h2-5,8-9,12,14-15H,6-7,10-11H2,1H3,(H,23,24,25)/t14-,15-/m0/s1. The maximum atomic E-state index is 13.6. The SMILES string of the molecule is Cc1c(C(=O)N2[C@H]3CC[C@H]2CN(c2ncnc4[nH]ccc24)C3)sc2ccccc12. The minimum absolute atomic E-state index is 0.199.